The third-order valence-electron chi connectivity index (χ3n) is 3.48. The van der Waals surface area contributed by atoms with Gasteiger partial charge in [-0.05, 0) is 36.6 Å². The summed E-state index contributed by atoms with van der Waals surface area (Å²) in [7, 11) is -3.57. The van der Waals surface area contributed by atoms with Gasteiger partial charge in [0.15, 0.2) is 0 Å². The maximum Gasteiger partial charge on any atom is 0.270 e. The topological polar surface area (TPSA) is 70.4 Å². The third-order valence-corrected chi connectivity index (χ3v) is 4.85. The Morgan fingerprint density at radius 1 is 1.45 bits per heavy atom. The molecule has 0 aliphatic carbocycles. The average molecular weight is 322 g/mol. The Morgan fingerprint density at radius 2 is 2.32 bits per heavy atom. The van der Waals surface area contributed by atoms with Crippen LogP contribution >= 0.6 is 0 Å². The quantitative estimate of drug-likeness (QED) is 0.789. The number of hydrogen-bond acceptors (Lipinski definition) is 5. The Labute approximate surface area is 129 Å². The normalized spacial score (nSPS) is 18.1. The van der Waals surface area contributed by atoms with E-state index < -0.39 is 16.4 Å². The fraction of sp³-hybridized carbons (Fsp3) is 0.400. The highest BCUT2D eigenvalue weighted by molar-refractivity contribution is 7.86. The van der Waals surface area contributed by atoms with Crippen LogP contribution in [0.4, 0.5) is 0 Å². The lowest BCUT2D eigenvalue weighted by atomic mass is 10.0. The number of rotatable bonds is 5. The molecule has 7 heteroatoms. The summed E-state index contributed by atoms with van der Waals surface area (Å²) in [4.78, 5) is 0. The van der Waals surface area contributed by atoms with Crippen LogP contribution in [0.3, 0.4) is 0 Å². The van der Waals surface area contributed by atoms with Crippen molar-refractivity contribution < 1.29 is 17.3 Å². The number of fused-ring (bicyclic) bond motifs is 1. The minimum atomic E-state index is -3.57. The smallest absolute Gasteiger partial charge is 0.270 e. The fourth-order valence-electron chi connectivity index (χ4n) is 2.48. The number of aromatic nitrogens is 2. The molecule has 1 aliphatic rings. The molecule has 118 valence electrons. The molecular formula is C15H18N2O4S. The summed E-state index contributed by atoms with van der Waals surface area (Å²) in [5.74, 6) is -0.00638. The molecule has 1 atom stereocenters. The van der Waals surface area contributed by atoms with E-state index in [1.54, 1.807) is 17.8 Å². The fourth-order valence-corrected chi connectivity index (χ4v) is 3.50. The Morgan fingerprint density at radius 3 is 3.05 bits per heavy atom. The monoisotopic (exact) mass is 322 g/mol. The minimum Gasteiger partial charge on any atom is -0.347 e. The predicted molar refractivity (Wildman–Crippen MR) is 81.1 cm³/mol. The maximum atomic E-state index is 11.8. The molecule has 2 aromatic rings. The predicted octanol–water partition coefficient (Wildman–Crippen LogP) is 2.20. The summed E-state index contributed by atoms with van der Waals surface area (Å²) in [5, 5.41) is 4.20. The molecule has 0 amide bonds. The van der Waals surface area contributed by atoms with E-state index in [1.165, 1.54) is 0 Å². The Bertz CT molecular complexity index is 741. The molecule has 0 unspecified atom stereocenters. The van der Waals surface area contributed by atoms with Gasteiger partial charge in [-0.25, -0.2) is 8.86 Å². The first kappa shape index (κ1) is 15.2. The van der Waals surface area contributed by atoms with Crippen LogP contribution in [-0.4, -0.2) is 30.6 Å². The van der Waals surface area contributed by atoms with Gasteiger partial charge in [0.2, 0.25) is 6.29 Å². The van der Waals surface area contributed by atoms with Crippen LogP contribution in [0.1, 0.15) is 30.8 Å². The minimum absolute atomic E-state index is 0.00638. The Kier molecular flexibility index (Phi) is 4.28. The second-order valence-electron chi connectivity index (χ2n) is 5.14. The number of ether oxygens (including phenoxy) is 1. The van der Waals surface area contributed by atoms with Crippen LogP contribution in [0.25, 0.3) is 5.69 Å². The number of nitrogens with zero attached hydrogens (tertiary/aromatic N) is 2. The second kappa shape index (κ2) is 6.20. The molecule has 22 heavy (non-hydrogen) atoms. The number of hydrogen-bond donors (Lipinski definition) is 0. The third kappa shape index (κ3) is 3.21. The van der Waals surface area contributed by atoms with Gasteiger partial charge < -0.3 is 4.74 Å². The van der Waals surface area contributed by atoms with Crippen molar-refractivity contribution in [3.63, 3.8) is 0 Å². The van der Waals surface area contributed by atoms with E-state index in [4.69, 9.17) is 8.92 Å². The van der Waals surface area contributed by atoms with Crippen molar-refractivity contribution in [2.24, 2.45) is 0 Å². The molecule has 3 rings (SSSR count). The van der Waals surface area contributed by atoms with Crippen LogP contribution in [-0.2, 0) is 25.5 Å². The lowest BCUT2D eigenvalue weighted by molar-refractivity contribution is -0.0875. The Hall–Kier alpha value is -1.70. The van der Waals surface area contributed by atoms with E-state index in [0.717, 1.165) is 23.2 Å². The zero-order chi connectivity index (χ0) is 15.6. The molecule has 0 fully saturated rings. The molecule has 0 spiro atoms. The summed E-state index contributed by atoms with van der Waals surface area (Å²) in [6.45, 7) is 2.23. The summed E-state index contributed by atoms with van der Waals surface area (Å²) in [5.41, 5.74) is 2.72. The van der Waals surface area contributed by atoms with Gasteiger partial charge >= 0.3 is 0 Å². The van der Waals surface area contributed by atoms with Gasteiger partial charge in [0, 0.05) is 18.0 Å². The molecule has 0 radical (unpaired) electrons. The van der Waals surface area contributed by atoms with Crippen molar-refractivity contribution in [2.45, 2.75) is 26.1 Å². The van der Waals surface area contributed by atoms with Gasteiger partial charge in [-0.1, -0.05) is 13.0 Å². The lowest BCUT2D eigenvalue weighted by Gasteiger charge is -2.26. The van der Waals surface area contributed by atoms with Crippen molar-refractivity contribution in [1.29, 1.82) is 0 Å². The molecule has 1 aliphatic heterocycles. The summed E-state index contributed by atoms with van der Waals surface area (Å²) >= 11 is 0. The largest absolute Gasteiger partial charge is 0.347 e. The van der Waals surface area contributed by atoms with Crippen molar-refractivity contribution >= 4 is 10.1 Å². The van der Waals surface area contributed by atoms with Crippen LogP contribution in [0.15, 0.2) is 36.7 Å². The van der Waals surface area contributed by atoms with Gasteiger partial charge in [0.05, 0.1) is 18.0 Å². The first-order valence-corrected chi connectivity index (χ1v) is 8.82. The molecule has 0 N–H and O–H groups in total. The van der Waals surface area contributed by atoms with Crippen LogP contribution in [0.2, 0.25) is 0 Å². The van der Waals surface area contributed by atoms with Crippen molar-refractivity contribution in [1.82, 2.24) is 9.78 Å². The van der Waals surface area contributed by atoms with E-state index in [1.807, 2.05) is 30.5 Å². The van der Waals surface area contributed by atoms with Crippen molar-refractivity contribution in [3.8, 4) is 5.69 Å². The zero-order valence-electron chi connectivity index (χ0n) is 12.3. The molecule has 0 saturated carbocycles. The summed E-state index contributed by atoms with van der Waals surface area (Å²) < 4.78 is 36.2. The second-order valence-corrected chi connectivity index (χ2v) is 6.86. The zero-order valence-corrected chi connectivity index (χ0v) is 13.1. The molecule has 0 saturated heterocycles. The molecular weight excluding hydrogens is 304 g/mol. The van der Waals surface area contributed by atoms with Gasteiger partial charge in [-0.2, -0.15) is 13.5 Å². The first-order valence-electron chi connectivity index (χ1n) is 7.24. The maximum absolute atomic E-state index is 11.8. The van der Waals surface area contributed by atoms with Gasteiger partial charge in [0.25, 0.3) is 10.1 Å². The summed E-state index contributed by atoms with van der Waals surface area (Å²) in [6.07, 6.45) is 3.96. The standard InChI is InChI=1S/C15H18N2O4S/c1-2-10-22(18,19)21-15-14-5-4-13(17-8-3-7-16-17)11-12(14)6-9-20-15/h3-5,7-8,11,15H,2,6,9-10H2,1H3/t15-/m0/s1. The molecule has 0 bridgehead atoms. The molecule has 1 aromatic heterocycles. The highest BCUT2D eigenvalue weighted by atomic mass is 32.2. The van der Waals surface area contributed by atoms with E-state index in [2.05, 4.69) is 5.10 Å². The van der Waals surface area contributed by atoms with Crippen LogP contribution < -0.4 is 0 Å². The highest BCUT2D eigenvalue weighted by Crippen LogP contribution is 2.31. The Balaban J connectivity index is 1.88. The van der Waals surface area contributed by atoms with E-state index in [-0.39, 0.29) is 5.75 Å². The van der Waals surface area contributed by atoms with Gasteiger partial charge in [-0.15, -0.1) is 0 Å². The van der Waals surface area contributed by atoms with Gasteiger partial charge in [-0.3, -0.25) is 0 Å². The first-order chi connectivity index (χ1) is 10.6. The van der Waals surface area contributed by atoms with Crippen LogP contribution in [0.5, 0.6) is 0 Å². The average Bonchev–Trinajstić information content (AvgIpc) is 3.00. The van der Waals surface area contributed by atoms with Gasteiger partial charge in [0.1, 0.15) is 0 Å². The molecule has 1 aromatic carbocycles. The SMILES string of the molecule is CCCS(=O)(=O)O[C@@H]1OCCc2cc(-n3cccn3)ccc21. The summed E-state index contributed by atoms with van der Waals surface area (Å²) in [6, 6.07) is 7.57. The number of benzene rings is 1. The van der Waals surface area contributed by atoms with Crippen molar-refractivity contribution in [2.75, 3.05) is 12.4 Å². The lowest BCUT2D eigenvalue weighted by Crippen LogP contribution is -2.23. The van der Waals surface area contributed by atoms with Crippen LogP contribution in [0, 0.1) is 0 Å². The highest BCUT2D eigenvalue weighted by Gasteiger charge is 2.27. The van der Waals surface area contributed by atoms with E-state index >= 15 is 0 Å². The molecule has 6 nitrogen and oxygen atoms in total. The molecule has 2 heterocycles. The van der Waals surface area contributed by atoms with Crippen molar-refractivity contribution in [3.05, 3.63) is 47.8 Å². The van der Waals surface area contributed by atoms with E-state index in [9.17, 15) is 8.42 Å². The van der Waals surface area contributed by atoms with E-state index in [0.29, 0.717) is 13.0 Å².